The van der Waals surface area contributed by atoms with Gasteiger partial charge in [0, 0.05) is 4.75 Å². The van der Waals surface area contributed by atoms with E-state index in [9.17, 15) is 0 Å². The SMILES string of the molecule is C/C(=C/OCCC1(C)CCCCCS1)c1ccccc1. The van der Waals surface area contributed by atoms with Crippen LogP contribution in [0.2, 0.25) is 0 Å². The molecule has 0 bridgehead atoms. The summed E-state index contributed by atoms with van der Waals surface area (Å²) in [4.78, 5) is 0. The van der Waals surface area contributed by atoms with Crippen LogP contribution in [0, 0.1) is 0 Å². The van der Waals surface area contributed by atoms with Crippen molar-refractivity contribution in [2.75, 3.05) is 12.4 Å². The molecule has 1 atom stereocenters. The second-order valence-corrected chi connectivity index (χ2v) is 7.58. The van der Waals surface area contributed by atoms with E-state index in [0.29, 0.717) is 4.75 Å². The Morgan fingerprint density at radius 2 is 2.05 bits per heavy atom. The molecule has 2 heteroatoms. The first kappa shape index (κ1) is 15.5. The average Bonchev–Trinajstić information content (AvgIpc) is 2.69. The summed E-state index contributed by atoms with van der Waals surface area (Å²) >= 11 is 2.14. The molecule has 1 aromatic rings. The molecular weight excluding hydrogens is 264 g/mol. The van der Waals surface area contributed by atoms with Crippen LogP contribution in [0.25, 0.3) is 5.57 Å². The maximum Gasteiger partial charge on any atom is 0.0886 e. The minimum Gasteiger partial charge on any atom is -0.501 e. The molecule has 1 aliphatic rings. The zero-order valence-electron chi connectivity index (χ0n) is 12.7. The van der Waals surface area contributed by atoms with Crippen LogP contribution in [0.3, 0.4) is 0 Å². The van der Waals surface area contributed by atoms with Crippen LogP contribution < -0.4 is 0 Å². The van der Waals surface area contributed by atoms with Crippen LogP contribution in [-0.2, 0) is 4.74 Å². The second-order valence-electron chi connectivity index (χ2n) is 5.90. The van der Waals surface area contributed by atoms with Crippen molar-refractivity contribution in [1.29, 1.82) is 0 Å². The van der Waals surface area contributed by atoms with E-state index >= 15 is 0 Å². The van der Waals surface area contributed by atoms with Gasteiger partial charge in [-0.2, -0.15) is 11.8 Å². The molecule has 0 aromatic heterocycles. The number of thioether (sulfide) groups is 1. The topological polar surface area (TPSA) is 9.23 Å². The Kier molecular flexibility index (Phi) is 6.03. The van der Waals surface area contributed by atoms with Gasteiger partial charge in [0.05, 0.1) is 12.9 Å². The van der Waals surface area contributed by atoms with Crippen molar-refractivity contribution in [2.45, 2.75) is 50.7 Å². The summed E-state index contributed by atoms with van der Waals surface area (Å²) in [7, 11) is 0. The lowest BCUT2D eigenvalue weighted by Gasteiger charge is -2.26. The van der Waals surface area contributed by atoms with Crippen LogP contribution in [0.15, 0.2) is 36.6 Å². The largest absolute Gasteiger partial charge is 0.501 e. The molecule has 20 heavy (non-hydrogen) atoms. The number of hydrogen-bond donors (Lipinski definition) is 0. The molecule has 0 spiro atoms. The molecule has 1 aromatic carbocycles. The first-order chi connectivity index (χ1) is 9.70. The van der Waals surface area contributed by atoms with Crippen LogP contribution in [0.5, 0.6) is 0 Å². The lowest BCUT2D eigenvalue weighted by molar-refractivity contribution is 0.231. The van der Waals surface area contributed by atoms with Crippen LogP contribution >= 0.6 is 11.8 Å². The van der Waals surface area contributed by atoms with E-state index in [0.717, 1.165) is 13.0 Å². The van der Waals surface area contributed by atoms with E-state index in [4.69, 9.17) is 4.74 Å². The van der Waals surface area contributed by atoms with Gasteiger partial charge in [0.25, 0.3) is 0 Å². The molecular formula is C18H26OS. The van der Waals surface area contributed by atoms with Gasteiger partial charge >= 0.3 is 0 Å². The number of hydrogen-bond acceptors (Lipinski definition) is 2. The van der Waals surface area contributed by atoms with Gasteiger partial charge in [-0.15, -0.1) is 0 Å². The minimum atomic E-state index is 0.422. The monoisotopic (exact) mass is 290 g/mol. The molecule has 0 saturated carbocycles. The molecule has 1 saturated heterocycles. The Morgan fingerprint density at radius 3 is 2.85 bits per heavy atom. The van der Waals surface area contributed by atoms with E-state index in [1.807, 2.05) is 12.3 Å². The molecule has 0 radical (unpaired) electrons. The lowest BCUT2D eigenvalue weighted by Crippen LogP contribution is -2.21. The van der Waals surface area contributed by atoms with Crippen molar-refractivity contribution in [2.24, 2.45) is 0 Å². The highest BCUT2D eigenvalue weighted by Crippen LogP contribution is 2.37. The molecule has 110 valence electrons. The summed E-state index contributed by atoms with van der Waals surface area (Å²) in [5, 5.41) is 0. The van der Waals surface area contributed by atoms with Gasteiger partial charge in [-0.05, 0) is 43.1 Å². The Balaban J connectivity index is 1.78. The summed E-state index contributed by atoms with van der Waals surface area (Å²) in [6.45, 7) is 5.34. The van der Waals surface area contributed by atoms with E-state index in [2.05, 4.69) is 49.9 Å². The quantitative estimate of drug-likeness (QED) is 0.521. The van der Waals surface area contributed by atoms with Gasteiger partial charge in [0.2, 0.25) is 0 Å². The molecule has 0 amide bonds. The maximum absolute atomic E-state index is 5.78. The van der Waals surface area contributed by atoms with Crippen LogP contribution in [-0.4, -0.2) is 17.1 Å². The molecule has 0 N–H and O–H groups in total. The average molecular weight is 290 g/mol. The highest BCUT2D eigenvalue weighted by molar-refractivity contribution is 8.00. The van der Waals surface area contributed by atoms with Crippen molar-refractivity contribution >= 4 is 17.3 Å². The standard InChI is InChI=1S/C18H26OS/c1-16(17-9-5-3-6-10-17)15-19-13-12-18(2)11-7-4-8-14-20-18/h3,5-6,9-10,15H,4,7-8,11-14H2,1-2H3/b16-15-. The third-order valence-electron chi connectivity index (χ3n) is 4.04. The highest BCUT2D eigenvalue weighted by Gasteiger charge is 2.25. The van der Waals surface area contributed by atoms with E-state index < -0.39 is 0 Å². The van der Waals surface area contributed by atoms with Crippen molar-refractivity contribution in [1.82, 2.24) is 0 Å². The van der Waals surface area contributed by atoms with Gasteiger partial charge in [-0.3, -0.25) is 0 Å². The number of rotatable bonds is 5. The molecule has 2 rings (SSSR count). The fraction of sp³-hybridized carbons (Fsp3) is 0.556. The first-order valence-corrected chi connectivity index (χ1v) is 8.66. The predicted octanol–water partition coefficient (Wildman–Crippen LogP) is 5.52. The second kappa shape index (κ2) is 7.78. The summed E-state index contributed by atoms with van der Waals surface area (Å²) in [5.41, 5.74) is 2.44. The molecule has 0 aliphatic carbocycles. The van der Waals surface area contributed by atoms with Gasteiger partial charge in [-0.25, -0.2) is 0 Å². The molecule has 1 heterocycles. The number of allylic oxidation sites excluding steroid dienone is 1. The Hall–Kier alpha value is -0.890. The Morgan fingerprint density at radius 1 is 1.25 bits per heavy atom. The zero-order chi connectivity index (χ0) is 14.3. The molecule has 1 unspecified atom stereocenters. The fourth-order valence-electron chi connectivity index (χ4n) is 2.59. The Bertz CT molecular complexity index is 416. The predicted molar refractivity (Wildman–Crippen MR) is 90.0 cm³/mol. The van der Waals surface area contributed by atoms with Gasteiger partial charge in [0.15, 0.2) is 0 Å². The van der Waals surface area contributed by atoms with Crippen molar-refractivity contribution in [3.8, 4) is 0 Å². The minimum absolute atomic E-state index is 0.422. The number of ether oxygens (including phenoxy) is 1. The third kappa shape index (κ3) is 4.90. The normalized spacial score (nSPS) is 24.2. The summed E-state index contributed by atoms with van der Waals surface area (Å²) in [6.07, 6.45) is 8.56. The summed E-state index contributed by atoms with van der Waals surface area (Å²) in [6, 6.07) is 10.4. The van der Waals surface area contributed by atoms with E-state index in [1.165, 1.54) is 42.6 Å². The van der Waals surface area contributed by atoms with Gasteiger partial charge in [-0.1, -0.05) is 50.1 Å². The van der Waals surface area contributed by atoms with Crippen LogP contribution in [0.1, 0.15) is 51.5 Å². The fourth-order valence-corrected chi connectivity index (χ4v) is 3.95. The van der Waals surface area contributed by atoms with Crippen molar-refractivity contribution < 1.29 is 4.74 Å². The first-order valence-electron chi connectivity index (χ1n) is 7.67. The van der Waals surface area contributed by atoms with Crippen LogP contribution in [0.4, 0.5) is 0 Å². The van der Waals surface area contributed by atoms with Gasteiger partial charge in [0.1, 0.15) is 0 Å². The maximum atomic E-state index is 5.78. The van der Waals surface area contributed by atoms with Crippen molar-refractivity contribution in [3.05, 3.63) is 42.2 Å². The highest BCUT2D eigenvalue weighted by atomic mass is 32.2. The van der Waals surface area contributed by atoms with Gasteiger partial charge < -0.3 is 4.74 Å². The lowest BCUT2D eigenvalue weighted by atomic mass is 9.99. The zero-order valence-corrected chi connectivity index (χ0v) is 13.5. The van der Waals surface area contributed by atoms with Crippen molar-refractivity contribution in [3.63, 3.8) is 0 Å². The molecule has 1 aliphatic heterocycles. The summed E-state index contributed by atoms with van der Waals surface area (Å²) < 4.78 is 6.20. The van der Waals surface area contributed by atoms with E-state index in [-0.39, 0.29) is 0 Å². The smallest absolute Gasteiger partial charge is 0.0886 e. The summed E-state index contributed by atoms with van der Waals surface area (Å²) in [5.74, 6) is 1.31. The third-order valence-corrected chi connectivity index (χ3v) is 5.64. The molecule has 1 fully saturated rings. The Labute approximate surface area is 127 Å². The molecule has 1 nitrogen and oxygen atoms in total. The van der Waals surface area contributed by atoms with E-state index in [1.54, 1.807) is 0 Å². The number of benzene rings is 1.